The van der Waals surface area contributed by atoms with Crippen LogP contribution >= 0.6 is 0 Å². The van der Waals surface area contributed by atoms with Crippen LogP contribution in [0.1, 0.15) is 28.4 Å². The van der Waals surface area contributed by atoms with Crippen LogP contribution in [0, 0.1) is 5.82 Å². The first-order valence-electron chi connectivity index (χ1n) is 10.1. The topological polar surface area (TPSA) is 96.0 Å². The highest BCUT2D eigenvalue weighted by Gasteiger charge is 2.28. The number of benzene rings is 2. The fourth-order valence-electron chi connectivity index (χ4n) is 3.41. The lowest BCUT2D eigenvalue weighted by Crippen LogP contribution is -2.47. The molecule has 3 rings (SSSR count). The Kier molecular flexibility index (Phi) is 7.60. The summed E-state index contributed by atoms with van der Waals surface area (Å²) in [5.41, 5.74) is 0.656. The van der Waals surface area contributed by atoms with Gasteiger partial charge in [-0.05, 0) is 42.9 Å². The van der Waals surface area contributed by atoms with Crippen LogP contribution in [-0.4, -0.2) is 69.8 Å². The van der Waals surface area contributed by atoms with Crippen molar-refractivity contribution >= 4 is 21.9 Å². The fourth-order valence-corrected chi connectivity index (χ4v) is 4.88. The Balaban J connectivity index is 1.81. The number of amides is 1. The van der Waals surface area contributed by atoms with Crippen LogP contribution in [0.25, 0.3) is 0 Å². The highest BCUT2D eigenvalue weighted by Crippen LogP contribution is 2.21. The van der Waals surface area contributed by atoms with E-state index in [2.05, 4.69) is 5.32 Å². The van der Waals surface area contributed by atoms with Crippen molar-refractivity contribution < 1.29 is 27.1 Å². The maximum atomic E-state index is 13.3. The molecule has 1 fully saturated rings. The molecule has 32 heavy (non-hydrogen) atoms. The SMILES string of the molecule is COC(=O)CC(NC(=O)c1cccc(S(=O)(=O)N2CCN(C)CC2)c1)c1ccc(F)cc1. The highest BCUT2D eigenvalue weighted by atomic mass is 32.2. The van der Waals surface area contributed by atoms with E-state index in [1.807, 2.05) is 11.9 Å². The van der Waals surface area contributed by atoms with Gasteiger partial charge in [-0.2, -0.15) is 4.31 Å². The monoisotopic (exact) mass is 463 g/mol. The van der Waals surface area contributed by atoms with Crippen LogP contribution in [0.15, 0.2) is 53.4 Å². The van der Waals surface area contributed by atoms with Crippen LogP contribution in [-0.2, 0) is 19.6 Å². The van der Waals surface area contributed by atoms with Gasteiger partial charge in [-0.1, -0.05) is 18.2 Å². The van der Waals surface area contributed by atoms with E-state index in [0.29, 0.717) is 31.7 Å². The molecule has 1 heterocycles. The second-order valence-corrected chi connectivity index (χ2v) is 9.53. The average molecular weight is 464 g/mol. The number of piperazine rings is 1. The summed E-state index contributed by atoms with van der Waals surface area (Å²) < 4.78 is 45.4. The van der Waals surface area contributed by atoms with Crippen LogP contribution < -0.4 is 5.32 Å². The number of ether oxygens (including phenoxy) is 1. The standard InChI is InChI=1S/C22H26FN3O5S/c1-25-10-12-26(13-11-25)32(29,30)19-5-3-4-17(14-19)22(28)24-20(15-21(27)31-2)16-6-8-18(23)9-7-16/h3-9,14,20H,10-13,15H2,1-2H3,(H,24,28). The van der Waals surface area contributed by atoms with Gasteiger partial charge in [0.1, 0.15) is 5.82 Å². The molecule has 172 valence electrons. The zero-order chi connectivity index (χ0) is 23.3. The number of carbonyl (C=O) groups is 2. The van der Waals surface area contributed by atoms with E-state index in [0.717, 1.165) is 0 Å². The number of hydrogen-bond acceptors (Lipinski definition) is 6. The van der Waals surface area contributed by atoms with Crippen molar-refractivity contribution in [3.8, 4) is 0 Å². The summed E-state index contributed by atoms with van der Waals surface area (Å²) in [6.45, 7) is 2.01. The smallest absolute Gasteiger partial charge is 0.307 e. The predicted octanol–water partition coefficient (Wildman–Crippen LogP) is 1.80. The van der Waals surface area contributed by atoms with Gasteiger partial charge >= 0.3 is 5.97 Å². The summed E-state index contributed by atoms with van der Waals surface area (Å²) in [6.07, 6.45) is -0.160. The molecule has 8 nitrogen and oxygen atoms in total. The number of hydrogen-bond donors (Lipinski definition) is 1. The molecule has 0 saturated carbocycles. The molecule has 1 amide bonds. The van der Waals surface area contributed by atoms with Gasteiger partial charge < -0.3 is 15.0 Å². The van der Waals surface area contributed by atoms with Gasteiger partial charge in [0, 0.05) is 31.7 Å². The number of methoxy groups -OCH3 is 1. The molecule has 0 spiro atoms. The lowest BCUT2D eigenvalue weighted by atomic mass is 10.0. The van der Waals surface area contributed by atoms with Gasteiger partial charge in [-0.3, -0.25) is 9.59 Å². The van der Waals surface area contributed by atoms with Crippen molar-refractivity contribution in [2.45, 2.75) is 17.4 Å². The third kappa shape index (κ3) is 5.70. The predicted molar refractivity (Wildman–Crippen MR) is 116 cm³/mol. The number of sulfonamides is 1. The molecule has 10 heteroatoms. The second kappa shape index (κ2) is 10.2. The van der Waals surface area contributed by atoms with E-state index in [-0.39, 0.29) is 16.9 Å². The molecule has 1 aliphatic heterocycles. The number of carbonyl (C=O) groups excluding carboxylic acids is 2. The van der Waals surface area contributed by atoms with Crippen molar-refractivity contribution in [3.05, 3.63) is 65.5 Å². The van der Waals surface area contributed by atoms with E-state index in [1.165, 1.54) is 59.9 Å². The summed E-state index contributed by atoms with van der Waals surface area (Å²) in [7, 11) is -0.573. The van der Waals surface area contributed by atoms with E-state index >= 15 is 0 Å². The molecule has 0 aliphatic carbocycles. The molecule has 1 atom stereocenters. The van der Waals surface area contributed by atoms with Crippen LogP contribution in [0.2, 0.25) is 0 Å². The Morgan fingerprint density at radius 3 is 2.38 bits per heavy atom. The minimum atomic E-state index is -3.74. The Bertz CT molecular complexity index is 1070. The first-order chi connectivity index (χ1) is 15.2. The number of nitrogens with one attached hydrogen (secondary N) is 1. The van der Waals surface area contributed by atoms with Crippen molar-refractivity contribution in [2.75, 3.05) is 40.3 Å². The Morgan fingerprint density at radius 1 is 1.09 bits per heavy atom. The van der Waals surface area contributed by atoms with Gasteiger partial charge in [-0.15, -0.1) is 0 Å². The van der Waals surface area contributed by atoms with Gasteiger partial charge in [0.25, 0.3) is 5.91 Å². The minimum absolute atomic E-state index is 0.0287. The van der Waals surface area contributed by atoms with Gasteiger partial charge in [0.05, 0.1) is 24.5 Å². The van der Waals surface area contributed by atoms with Crippen LogP contribution in [0.3, 0.4) is 0 Å². The summed E-state index contributed by atoms with van der Waals surface area (Å²) in [5.74, 6) is -1.55. The molecule has 2 aromatic rings. The van der Waals surface area contributed by atoms with E-state index in [1.54, 1.807) is 0 Å². The Hall–Kier alpha value is -2.82. The number of likely N-dealkylation sites (N-methyl/N-ethyl adjacent to an activating group) is 1. The third-order valence-electron chi connectivity index (χ3n) is 5.37. The molecule has 1 unspecified atom stereocenters. The first kappa shape index (κ1) is 23.8. The van der Waals surface area contributed by atoms with Crippen molar-refractivity contribution in [2.24, 2.45) is 0 Å². The van der Waals surface area contributed by atoms with Gasteiger partial charge in [0.2, 0.25) is 10.0 Å². The Labute approximate surface area is 187 Å². The molecule has 0 bridgehead atoms. The number of esters is 1. The van der Waals surface area contributed by atoms with E-state index in [4.69, 9.17) is 4.74 Å². The molecule has 1 saturated heterocycles. The number of nitrogens with zero attached hydrogens (tertiary/aromatic N) is 2. The summed E-state index contributed by atoms with van der Waals surface area (Å²) >= 11 is 0. The molecule has 1 N–H and O–H groups in total. The largest absolute Gasteiger partial charge is 0.469 e. The fraction of sp³-hybridized carbons (Fsp3) is 0.364. The highest BCUT2D eigenvalue weighted by molar-refractivity contribution is 7.89. The molecule has 1 aliphatic rings. The lowest BCUT2D eigenvalue weighted by molar-refractivity contribution is -0.141. The molecule has 2 aromatic carbocycles. The maximum absolute atomic E-state index is 13.3. The first-order valence-corrected chi connectivity index (χ1v) is 11.6. The minimum Gasteiger partial charge on any atom is -0.469 e. The second-order valence-electron chi connectivity index (χ2n) is 7.59. The maximum Gasteiger partial charge on any atom is 0.307 e. The average Bonchev–Trinajstić information content (AvgIpc) is 2.79. The molecular formula is C22H26FN3O5S. The van der Waals surface area contributed by atoms with Crippen molar-refractivity contribution in [3.63, 3.8) is 0 Å². The van der Waals surface area contributed by atoms with E-state index in [9.17, 15) is 22.4 Å². The quantitative estimate of drug-likeness (QED) is 0.629. The summed E-state index contributed by atoms with van der Waals surface area (Å²) in [5, 5.41) is 2.72. The van der Waals surface area contributed by atoms with E-state index < -0.39 is 33.8 Å². The number of halogens is 1. The van der Waals surface area contributed by atoms with Crippen molar-refractivity contribution in [1.82, 2.24) is 14.5 Å². The van der Waals surface area contributed by atoms with Gasteiger partial charge in [0.15, 0.2) is 0 Å². The third-order valence-corrected chi connectivity index (χ3v) is 7.27. The molecule has 0 radical (unpaired) electrons. The zero-order valence-corrected chi connectivity index (χ0v) is 18.8. The molecule has 0 aromatic heterocycles. The lowest BCUT2D eigenvalue weighted by Gasteiger charge is -2.31. The normalized spacial score (nSPS) is 16.3. The van der Waals surface area contributed by atoms with Crippen LogP contribution in [0.5, 0.6) is 0 Å². The Morgan fingerprint density at radius 2 is 1.75 bits per heavy atom. The van der Waals surface area contributed by atoms with Crippen LogP contribution in [0.4, 0.5) is 4.39 Å². The summed E-state index contributed by atoms with van der Waals surface area (Å²) in [6, 6.07) is 10.4. The zero-order valence-electron chi connectivity index (χ0n) is 18.0. The summed E-state index contributed by atoms with van der Waals surface area (Å²) in [4.78, 5) is 26.8. The number of rotatable bonds is 7. The molecular weight excluding hydrogens is 437 g/mol. The van der Waals surface area contributed by atoms with Crippen molar-refractivity contribution in [1.29, 1.82) is 0 Å². The van der Waals surface area contributed by atoms with Gasteiger partial charge in [-0.25, -0.2) is 12.8 Å².